The predicted molar refractivity (Wildman–Crippen MR) is 243 cm³/mol. The topological polar surface area (TPSA) is 236 Å². The second-order valence-electron chi connectivity index (χ2n) is 20.6. The first-order chi connectivity index (χ1) is 30.1. The van der Waals surface area contributed by atoms with Crippen LogP contribution in [-0.4, -0.2) is 196 Å². The third-order valence-corrected chi connectivity index (χ3v) is 14.1. The van der Waals surface area contributed by atoms with Crippen LogP contribution in [0.5, 0.6) is 0 Å². The predicted octanol–water partition coefficient (Wildman–Crippen LogP) is 2.99. The van der Waals surface area contributed by atoms with Crippen molar-refractivity contribution in [3.63, 3.8) is 0 Å². The number of nitriles is 1. The summed E-state index contributed by atoms with van der Waals surface area (Å²) >= 11 is 0. The normalized spacial score (nSPS) is 41.9. The molecule has 3 aliphatic heterocycles. The molecule has 3 rings (SSSR count). The number of amides is 2. The molecule has 18 heteroatoms. The Morgan fingerprint density at radius 1 is 1.00 bits per heavy atom. The average molecular weight is 930 g/mol. The van der Waals surface area contributed by atoms with E-state index in [1.54, 1.807) is 53.4 Å². The number of methoxy groups -OCH3 is 1. The molecule has 3 heterocycles. The van der Waals surface area contributed by atoms with Crippen LogP contribution in [-0.2, 0) is 33.2 Å². The van der Waals surface area contributed by atoms with Crippen LogP contribution >= 0.6 is 0 Å². The lowest BCUT2D eigenvalue weighted by molar-refractivity contribution is -0.318. The van der Waals surface area contributed by atoms with Crippen LogP contribution in [0.1, 0.15) is 122 Å². The largest absolute Gasteiger partial charge is 0.459 e. The van der Waals surface area contributed by atoms with Crippen molar-refractivity contribution in [3.05, 3.63) is 0 Å². The van der Waals surface area contributed by atoms with Crippen LogP contribution in [0, 0.1) is 29.1 Å². The van der Waals surface area contributed by atoms with Crippen molar-refractivity contribution in [2.24, 2.45) is 17.8 Å². The van der Waals surface area contributed by atoms with Crippen molar-refractivity contribution in [1.82, 2.24) is 20.0 Å². The molecule has 3 fully saturated rings. The highest BCUT2D eigenvalue weighted by Gasteiger charge is 2.53. The molecule has 0 aromatic heterocycles. The van der Waals surface area contributed by atoms with Crippen molar-refractivity contribution in [3.8, 4) is 6.07 Å². The summed E-state index contributed by atoms with van der Waals surface area (Å²) in [7, 11) is 5.24. The van der Waals surface area contributed by atoms with Crippen LogP contribution in [0.3, 0.4) is 0 Å². The van der Waals surface area contributed by atoms with Gasteiger partial charge >= 0.3 is 12.0 Å². The number of esters is 1. The average Bonchev–Trinajstić information content (AvgIpc) is 3.22. The lowest BCUT2D eigenvalue weighted by Gasteiger charge is -2.48. The molecule has 0 aromatic rings. The Balaban J connectivity index is 2.17. The monoisotopic (exact) mass is 930 g/mol. The Labute approximate surface area is 389 Å². The molecule has 0 aliphatic carbocycles. The fraction of sp³-hybridized carbons (Fsp3) is 0.936. The van der Waals surface area contributed by atoms with E-state index >= 15 is 0 Å². The smallest absolute Gasteiger partial charge is 0.317 e. The van der Waals surface area contributed by atoms with E-state index in [1.807, 2.05) is 51.6 Å². The number of urea groups is 1. The third-order valence-electron chi connectivity index (χ3n) is 14.1. The molecule has 0 spiro atoms. The minimum absolute atomic E-state index is 0.0934. The summed E-state index contributed by atoms with van der Waals surface area (Å²) in [5.74, 6) is -2.93. The number of hydrogen-bond donors (Lipinski definition) is 6. The maximum atomic E-state index is 14.5. The van der Waals surface area contributed by atoms with Gasteiger partial charge in [0, 0.05) is 63.8 Å². The first kappa shape index (κ1) is 57.1. The highest BCUT2D eigenvalue weighted by atomic mass is 16.7. The summed E-state index contributed by atoms with van der Waals surface area (Å²) in [6, 6.07) is 0.680. The Morgan fingerprint density at radius 2 is 1.65 bits per heavy atom. The van der Waals surface area contributed by atoms with Crippen molar-refractivity contribution in [2.45, 2.75) is 218 Å². The standard InChI is InChI=1S/C47H87N5O13/c1-16-35-47(12,59)39(54)32(8)52(22-18-21-51(20-17-19-48)44(57)49-27(2)3)26-28(4)24-45(10,58)41(65-43-37(53)34(50(13)14)23-29(5)61-43)30(6)38(31(7)42(56)63-35)64-36-25-46(11,60-15)40(55)33(9)62-36/h27-41,43,53-55,58-59H,16-18,20-26H2,1-15H3,(H,49,57)/t28-,29-,30+,31-,32-,33+,34+,35-,36-,37-,38+,39-,40+,41-,43+,45-,46-,47-/m1/s1. The number of carbonyl (C=O) groups is 2. The molecule has 0 radical (unpaired) electrons. The molecule has 3 aliphatic rings. The Hall–Kier alpha value is -2.25. The van der Waals surface area contributed by atoms with E-state index in [2.05, 4.69) is 11.4 Å². The second kappa shape index (κ2) is 24.3. The quantitative estimate of drug-likeness (QED) is 0.137. The van der Waals surface area contributed by atoms with Gasteiger partial charge in [-0.2, -0.15) is 5.26 Å². The highest BCUT2D eigenvalue weighted by molar-refractivity contribution is 5.74. The maximum absolute atomic E-state index is 14.5. The van der Waals surface area contributed by atoms with Crippen LogP contribution in [0.25, 0.3) is 0 Å². The number of nitrogens with one attached hydrogen (secondary N) is 1. The Kier molecular flexibility index (Phi) is 21.4. The summed E-state index contributed by atoms with van der Waals surface area (Å²) in [6.07, 6.45) is -8.57. The van der Waals surface area contributed by atoms with Gasteiger partial charge in [-0.25, -0.2) is 4.79 Å². The van der Waals surface area contributed by atoms with Crippen LogP contribution in [0.4, 0.5) is 4.79 Å². The molecule has 378 valence electrons. The zero-order valence-electron chi connectivity index (χ0n) is 42.1. The van der Waals surface area contributed by atoms with Gasteiger partial charge < -0.3 is 69.1 Å². The zero-order chi connectivity index (χ0) is 49.4. The number of aliphatic hydroxyl groups is 5. The molecular weight excluding hydrogens is 843 g/mol. The molecule has 0 saturated carbocycles. The maximum Gasteiger partial charge on any atom is 0.317 e. The summed E-state index contributed by atoms with van der Waals surface area (Å²) < 4.78 is 38.0. The molecule has 0 bridgehead atoms. The lowest BCUT2D eigenvalue weighted by Crippen LogP contribution is -2.60. The summed E-state index contributed by atoms with van der Waals surface area (Å²) in [5, 5.41) is 72.1. The molecule has 2 amide bonds. The molecule has 18 nitrogen and oxygen atoms in total. The van der Waals surface area contributed by atoms with Gasteiger partial charge in [0.1, 0.15) is 30.0 Å². The molecular formula is C47H87N5O13. The number of ether oxygens (including phenoxy) is 6. The van der Waals surface area contributed by atoms with E-state index < -0.39 is 96.0 Å². The van der Waals surface area contributed by atoms with Crippen molar-refractivity contribution in [2.75, 3.05) is 47.4 Å². The van der Waals surface area contributed by atoms with Crippen LogP contribution in [0.15, 0.2) is 0 Å². The van der Waals surface area contributed by atoms with Crippen molar-refractivity contribution < 1.29 is 63.5 Å². The Bertz CT molecular complexity index is 1530. The molecule has 0 aromatic carbocycles. The number of likely N-dealkylation sites (N-methyl/N-ethyl adjacent to an activating group) is 1. The Morgan fingerprint density at radius 3 is 2.22 bits per heavy atom. The first-order valence-electron chi connectivity index (χ1n) is 23.8. The SMILES string of the molecule is CC[C@H]1OC(=O)[C@H](C)[C@@H](O[C@@H]2C[C@@](C)(OC)[C@@H](O)[C@H](C)O2)[C@H](C)[C@@H](O[C@@H]2O[C@H](C)C[C@H](N(C)C)[C@H]2O)[C@](C)(O)C[C@@H](C)CN(CCCN(CCC#N)C(=O)NC(C)C)[C@H](C)[C@@H](O)[C@]1(C)O. The molecule has 18 atom stereocenters. The minimum atomic E-state index is -1.94. The second-order valence-corrected chi connectivity index (χ2v) is 20.6. The molecule has 0 unspecified atom stereocenters. The van der Waals surface area contributed by atoms with Gasteiger partial charge in [0.25, 0.3) is 0 Å². The summed E-state index contributed by atoms with van der Waals surface area (Å²) in [5.41, 5.74) is -4.68. The minimum Gasteiger partial charge on any atom is -0.459 e. The summed E-state index contributed by atoms with van der Waals surface area (Å²) in [6.45, 7) is 22.4. The molecule has 3 saturated heterocycles. The lowest BCUT2D eigenvalue weighted by atomic mass is 9.77. The van der Waals surface area contributed by atoms with E-state index in [0.29, 0.717) is 32.5 Å². The highest BCUT2D eigenvalue weighted by Crippen LogP contribution is 2.40. The van der Waals surface area contributed by atoms with E-state index in [0.717, 1.165) is 0 Å². The number of aliphatic hydroxyl groups excluding tert-OH is 3. The van der Waals surface area contributed by atoms with Crippen LogP contribution < -0.4 is 5.32 Å². The van der Waals surface area contributed by atoms with Gasteiger partial charge in [0.15, 0.2) is 12.6 Å². The number of cyclic esters (lactones) is 1. The van der Waals surface area contributed by atoms with Gasteiger partial charge in [-0.15, -0.1) is 0 Å². The molecule has 6 N–H and O–H groups in total. The van der Waals surface area contributed by atoms with Gasteiger partial charge in [-0.3, -0.25) is 9.69 Å². The van der Waals surface area contributed by atoms with E-state index in [-0.39, 0.29) is 62.4 Å². The van der Waals surface area contributed by atoms with E-state index in [9.17, 15) is 40.4 Å². The molecule has 65 heavy (non-hydrogen) atoms. The number of rotatable bonds is 14. The van der Waals surface area contributed by atoms with Gasteiger partial charge in [0.2, 0.25) is 0 Å². The number of hydrogen-bond acceptors (Lipinski definition) is 16. The van der Waals surface area contributed by atoms with Gasteiger partial charge in [-0.05, 0) is 108 Å². The zero-order valence-corrected chi connectivity index (χ0v) is 42.1. The first-order valence-corrected chi connectivity index (χ1v) is 23.8. The van der Waals surface area contributed by atoms with Crippen LogP contribution in [0.2, 0.25) is 0 Å². The van der Waals surface area contributed by atoms with Crippen molar-refractivity contribution >= 4 is 12.0 Å². The van der Waals surface area contributed by atoms with E-state index in [1.165, 1.54) is 14.0 Å². The van der Waals surface area contributed by atoms with Gasteiger partial charge in [-0.1, -0.05) is 20.8 Å². The van der Waals surface area contributed by atoms with Crippen molar-refractivity contribution in [1.29, 1.82) is 5.26 Å². The van der Waals surface area contributed by atoms with Gasteiger partial charge in [0.05, 0.1) is 54.0 Å². The fourth-order valence-corrected chi connectivity index (χ4v) is 10.2. The number of nitrogens with zero attached hydrogens (tertiary/aromatic N) is 4. The summed E-state index contributed by atoms with van der Waals surface area (Å²) in [4.78, 5) is 33.2. The third kappa shape index (κ3) is 14.6. The number of carbonyl (C=O) groups excluding carboxylic acids is 2. The van der Waals surface area contributed by atoms with E-state index in [4.69, 9.17) is 28.4 Å². The fourth-order valence-electron chi connectivity index (χ4n) is 10.2.